The predicted molar refractivity (Wildman–Crippen MR) is 154 cm³/mol. The summed E-state index contributed by atoms with van der Waals surface area (Å²) >= 11 is 0.746. The largest absolute Gasteiger partial charge is 0.465 e. The zero-order chi connectivity index (χ0) is 31.7. The van der Waals surface area contributed by atoms with E-state index >= 15 is 13.2 Å². The number of hydrogen-bond donors (Lipinski definition) is 2. The Hall–Kier alpha value is -4.84. The fraction of sp³-hybridized carbons (Fsp3) is 0.345. The molecule has 2 aromatic carbocycles. The number of halogens is 3. The van der Waals surface area contributed by atoms with Gasteiger partial charge >= 0.3 is 12.2 Å². The standard InChI is InChI=1S/C29H25F3N6O5S/c1-29(2,3)43-27(40)35-25-15(10-33)19-14(4-5-17(30)24(19)44-25)18-16-11-34-38-7-6-13-12-36(28(41)42)8-9-37(13)26(39)20(23(16)38)22(32)21(18)31/h4-5,11,13H,6-9,12H2,1-3H3,(H,35,40)(H,41,42)/t13-/m0/s1. The van der Waals surface area contributed by atoms with E-state index in [0.29, 0.717) is 6.42 Å². The minimum absolute atomic E-state index is 0.000678. The average Bonchev–Trinajstić information content (AvgIpc) is 3.52. The molecular weight excluding hydrogens is 601 g/mol. The second-order valence-corrected chi connectivity index (χ2v) is 12.5. The lowest BCUT2D eigenvalue weighted by Gasteiger charge is -2.41. The van der Waals surface area contributed by atoms with Crippen molar-refractivity contribution in [3.05, 3.63) is 46.9 Å². The lowest BCUT2D eigenvalue weighted by atomic mass is 9.93. The van der Waals surface area contributed by atoms with Gasteiger partial charge in [0.25, 0.3) is 5.91 Å². The molecule has 0 unspecified atom stereocenters. The number of nitrogens with one attached hydrogen (secondary N) is 1. The van der Waals surface area contributed by atoms with Gasteiger partial charge in [-0.1, -0.05) is 6.07 Å². The summed E-state index contributed by atoms with van der Waals surface area (Å²) in [6, 6.07) is 3.64. The molecular formula is C29H25F3N6O5S. The smallest absolute Gasteiger partial charge is 0.412 e. The SMILES string of the molecule is CC(C)(C)OC(=O)Nc1sc2c(F)ccc(-c3c(F)c(F)c4c5c3cnn5CC[C@H]3CN(C(=O)O)CCN3C4=O)c2c1C#N. The first-order chi connectivity index (χ1) is 20.8. The van der Waals surface area contributed by atoms with E-state index in [4.69, 9.17) is 4.74 Å². The average molecular weight is 627 g/mol. The van der Waals surface area contributed by atoms with Crippen LogP contribution in [0.3, 0.4) is 0 Å². The van der Waals surface area contributed by atoms with Gasteiger partial charge in [-0.3, -0.25) is 14.8 Å². The number of nitrogens with zero attached hydrogens (tertiary/aromatic N) is 5. The van der Waals surface area contributed by atoms with Crippen LogP contribution in [0.1, 0.15) is 43.1 Å². The minimum atomic E-state index is -1.45. The highest BCUT2D eigenvalue weighted by atomic mass is 32.1. The van der Waals surface area contributed by atoms with E-state index in [-0.39, 0.29) is 68.9 Å². The van der Waals surface area contributed by atoms with Crippen molar-refractivity contribution < 1.29 is 37.4 Å². The molecule has 2 N–H and O–H groups in total. The molecule has 0 radical (unpaired) electrons. The van der Waals surface area contributed by atoms with Gasteiger partial charge < -0.3 is 19.6 Å². The van der Waals surface area contributed by atoms with Gasteiger partial charge in [-0.05, 0) is 38.8 Å². The van der Waals surface area contributed by atoms with Crippen LogP contribution in [0.2, 0.25) is 0 Å². The number of benzene rings is 2. The van der Waals surface area contributed by atoms with Crippen LogP contribution in [-0.2, 0) is 11.3 Å². The molecule has 3 amide bonds. The number of anilines is 1. The number of fused-ring (bicyclic) bond motifs is 2. The van der Waals surface area contributed by atoms with Crippen molar-refractivity contribution in [3.63, 3.8) is 0 Å². The summed E-state index contributed by atoms with van der Waals surface area (Å²) in [7, 11) is 0. The monoisotopic (exact) mass is 626 g/mol. The lowest BCUT2D eigenvalue weighted by molar-refractivity contribution is 0.0412. The van der Waals surface area contributed by atoms with Gasteiger partial charge in [-0.2, -0.15) is 10.4 Å². The van der Waals surface area contributed by atoms with E-state index in [1.807, 2.05) is 6.07 Å². The topological polar surface area (TPSA) is 141 Å². The van der Waals surface area contributed by atoms with Gasteiger partial charge in [-0.15, -0.1) is 11.3 Å². The van der Waals surface area contributed by atoms with E-state index in [2.05, 4.69) is 10.4 Å². The highest BCUT2D eigenvalue weighted by molar-refractivity contribution is 7.23. The Morgan fingerprint density at radius 2 is 1.89 bits per heavy atom. The number of aryl methyl sites for hydroxylation is 1. The Bertz CT molecular complexity index is 1940. The van der Waals surface area contributed by atoms with Crippen molar-refractivity contribution in [3.8, 4) is 17.2 Å². The number of thiophene rings is 1. The Labute approximate surface area is 252 Å². The maximum absolute atomic E-state index is 16.2. The van der Waals surface area contributed by atoms with Crippen LogP contribution in [0.4, 0.5) is 27.8 Å². The van der Waals surface area contributed by atoms with Gasteiger partial charge in [0.1, 0.15) is 28.1 Å². The van der Waals surface area contributed by atoms with Crippen molar-refractivity contribution in [1.29, 1.82) is 5.26 Å². The highest BCUT2D eigenvalue weighted by Gasteiger charge is 2.39. The molecule has 0 aliphatic carbocycles. The molecule has 0 saturated carbocycles. The van der Waals surface area contributed by atoms with Crippen molar-refractivity contribution in [2.75, 3.05) is 25.0 Å². The zero-order valence-corrected chi connectivity index (χ0v) is 24.5. The number of carboxylic acid groups (broad SMARTS) is 1. The minimum Gasteiger partial charge on any atom is -0.465 e. The number of hydrogen-bond acceptors (Lipinski definition) is 7. The van der Waals surface area contributed by atoms with Crippen LogP contribution in [0.15, 0.2) is 18.3 Å². The molecule has 228 valence electrons. The summed E-state index contributed by atoms with van der Waals surface area (Å²) in [5.74, 6) is -4.39. The van der Waals surface area contributed by atoms with Gasteiger partial charge in [0.05, 0.1) is 28.0 Å². The van der Waals surface area contributed by atoms with E-state index < -0.39 is 52.8 Å². The number of carbonyl (C=O) groups is 3. The van der Waals surface area contributed by atoms with Crippen LogP contribution in [0.25, 0.3) is 32.1 Å². The van der Waals surface area contributed by atoms with Crippen LogP contribution in [0.5, 0.6) is 0 Å². The molecule has 0 spiro atoms. The van der Waals surface area contributed by atoms with Gasteiger partial charge in [0, 0.05) is 42.5 Å². The fourth-order valence-corrected chi connectivity index (χ4v) is 6.90. The lowest BCUT2D eigenvalue weighted by Crippen LogP contribution is -2.57. The summed E-state index contributed by atoms with van der Waals surface area (Å²) in [6.45, 7) is 5.15. The number of rotatable bonds is 2. The van der Waals surface area contributed by atoms with E-state index in [1.165, 1.54) is 26.7 Å². The predicted octanol–water partition coefficient (Wildman–Crippen LogP) is 5.76. The summed E-state index contributed by atoms with van der Waals surface area (Å²) in [6.07, 6.45) is -0.430. The van der Waals surface area contributed by atoms with Crippen molar-refractivity contribution in [2.45, 2.75) is 45.4 Å². The van der Waals surface area contributed by atoms with E-state index in [1.54, 1.807) is 20.8 Å². The summed E-state index contributed by atoms with van der Waals surface area (Å²) < 4.78 is 54.0. The van der Waals surface area contributed by atoms with E-state index in [9.17, 15) is 24.8 Å². The molecule has 1 saturated heterocycles. The molecule has 2 aliphatic rings. The molecule has 15 heteroatoms. The third-order valence-electron chi connectivity index (χ3n) is 7.67. The summed E-state index contributed by atoms with van der Waals surface area (Å²) in [5, 5.41) is 26.3. The second kappa shape index (κ2) is 10.4. The fourth-order valence-electron chi connectivity index (χ4n) is 5.83. The Balaban J connectivity index is 1.53. The van der Waals surface area contributed by atoms with Gasteiger partial charge in [0.15, 0.2) is 11.6 Å². The first kappa shape index (κ1) is 29.2. The van der Waals surface area contributed by atoms with Crippen LogP contribution in [0, 0.1) is 28.8 Å². The second-order valence-electron chi connectivity index (χ2n) is 11.5. The molecule has 11 nitrogen and oxygen atoms in total. The Kier molecular flexibility index (Phi) is 6.92. The molecule has 4 aromatic rings. The van der Waals surface area contributed by atoms with Gasteiger partial charge in [0.2, 0.25) is 0 Å². The normalized spacial score (nSPS) is 16.8. The van der Waals surface area contributed by atoms with Crippen LogP contribution < -0.4 is 5.32 Å². The molecule has 1 atom stereocenters. The van der Waals surface area contributed by atoms with Crippen molar-refractivity contribution in [1.82, 2.24) is 19.6 Å². The maximum atomic E-state index is 16.2. The molecule has 44 heavy (non-hydrogen) atoms. The van der Waals surface area contributed by atoms with Crippen molar-refractivity contribution in [2.24, 2.45) is 0 Å². The molecule has 2 aromatic heterocycles. The van der Waals surface area contributed by atoms with Gasteiger partial charge in [-0.25, -0.2) is 22.8 Å². The third-order valence-corrected chi connectivity index (χ3v) is 8.78. The summed E-state index contributed by atoms with van der Waals surface area (Å²) in [5.41, 5.74) is -1.90. The molecule has 4 heterocycles. The Morgan fingerprint density at radius 3 is 2.57 bits per heavy atom. The molecule has 2 aliphatic heterocycles. The molecule has 1 fully saturated rings. The van der Waals surface area contributed by atoms with Crippen LogP contribution >= 0.6 is 11.3 Å². The van der Waals surface area contributed by atoms with Crippen LogP contribution in [-0.4, -0.2) is 74.1 Å². The number of nitriles is 1. The summed E-state index contributed by atoms with van der Waals surface area (Å²) in [4.78, 5) is 40.3. The first-order valence-electron chi connectivity index (χ1n) is 13.6. The number of carbonyl (C=O) groups excluding carboxylic acids is 2. The number of aromatic nitrogens is 2. The zero-order valence-electron chi connectivity index (χ0n) is 23.7. The highest BCUT2D eigenvalue weighted by Crippen LogP contribution is 2.46. The quantitative estimate of drug-likeness (QED) is 0.288. The number of amides is 3. The molecule has 0 bridgehead atoms. The number of piperazine rings is 1. The Morgan fingerprint density at radius 1 is 1.16 bits per heavy atom. The maximum Gasteiger partial charge on any atom is 0.412 e. The number of ether oxygens (including phenoxy) is 1. The molecule has 6 rings (SSSR count). The third kappa shape index (κ3) is 4.66. The van der Waals surface area contributed by atoms with Crippen molar-refractivity contribution >= 4 is 55.4 Å². The first-order valence-corrected chi connectivity index (χ1v) is 14.4. The van der Waals surface area contributed by atoms with E-state index in [0.717, 1.165) is 17.4 Å².